The molecule has 0 unspecified atom stereocenters. The number of nitrogens with zero attached hydrogens (tertiary/aromatic N) is 2. The minimum absolute atomic E-state index is 0.122. The molecule has 0 atom stereocenters. The third kappa shape index (κ3) is 3.93. The third-order valence-corrected chi connectivity index (χ3v) is 2.39. The van der Waals surface area contributed by atoms with Gasteiger partial charge in [0.1, 0.15) is 11.4 Å². The van der Waals surface area contributed by atoms with Crippen molar-refractivity contribution in [2.24, 2.45) is 0 Å². The topological polar surface area (TPSA) is 65.2 Å². The molecule has 1 aromatic rings. The van der Waals surface area contributed by atoms with Crippen molar-refractivity contribution in [3.05, 3.63) is 11.7 Å². The summed E-state index contributed by atoms with van der Waals surface area (Å²) >= 11 is 0. The van der Waals surface area contributed by atoms with Crippen LogP contribution in [0.5, 0.6) is 0 Å². The summed E-state index contributed by atoms with van der Waals surface area (Å²) in [6.07, 6.45) is 1.60. The summed E-state index contributed by atoms with van der Waals surface area (Å²) in [7, 11) is 0. The molecule has 1 aromatic heterocycles. The van der Waals surface area contributed by atoms with Crippen molar-refractivity contribution in [3.63, 3.8) is 0 Å². The van der Waals surface area contributed by atoms with E-state index in [1.807, 2.05) is 27.7 Å². The molecule has 0 aliphatic heterocycles. The number of carbonyl (C=O) groups excluding carboxylic acids is 1. The molecule has 0 spiro atoms. The number of hydrogen-bond acceptors (Lipinski definition) is 5. The number of ether oxygens (including phenoxy) is 1. The molecule has 0 saturated carbocycles. The highest BCUT2D eigenvalue weighted by molar-refractivity contribution is 5.79. The van der Waals surface area contributed by atoms with Gasteiger partial charge < -0.3 is 9.26 Å². The Morgan fingerprint density at radius 1 is 1.41 bits per heavy atom. The van der Waals surface area contributed by atoms with Crippen LogP contribution in [0.4, 0.5) is 0 Å². The van der Waals surface area contributed by atoms with Crippen LogP contribution in [0.3, 0.4) is 0 Å². The maximum absolute atomic E-state index is 11.4. The Labute approximate surface area is 102 Å². The summed E-state index contributed by atoms with van der Waals surface area (Å²) in [5, 5.41) is 3.86. The largest absolute Gasteiger partial charge is 0.368 e. The van der Waals surface area contributed by atoms with Crippen molar-refractivity contribution < 1.29 is 14.1 Å². The van der Waals surface area contributed by atoms with E-state index in [4.69, 9.17) is 9.26 Å². The lowest BCUT2D eigenvalue weighted by molar-refractivity contribution is -0.118. The van der Waals surface area contributed by atoms with E-state index in [0.29, 0.717) is 24.7 Å². The molecule has 5 nitrogen and oxygen atoms in total. The molecule has 0 amide bonds. The number of hydrogen-bond donors (Lipinski definition) is 0. The molecule has 96 valence electrons. The van der Waals surface area contributed by atoms with Gasteiger partial charge >= 0.3 is 0 Å². The average molecular weight is 240 g/mol. The van der Waals surface area contributed by atoms with Gasteiger partial charge in [-0.25, -0.2) is 0 Å². The Hall–Kier alpha value is -1.23. The number of aromatic nitrogens is 2. The fourth-order valence-corrected chi connectivity index (χ4v) is 1.53. The third-order valence-electron chi connectivity index (χ3n) is 2.39. The summed E-state index contributed by atoms with van der Waals surface area (Å²) in [6.45, 7) is 8.20. The normalized spacial score (nSPS) is 11.8. The fraction of sp³-hybridized carbons (Fsp3) is 0.750. The average Bonchev–Trinajstić information content (AvgIpc) is 2.67. The van der Waals surface area contributed by atoms with Gasteiger partial charge in [0.25, 0.3) is 0 Å². The van der Waals surface area contributed by atoms with Crippen molar-refractivity contribution in [3.8, 4) is 0 Å². The lowest BCUT2D eigenvalue weighted by Crippen LogP contribution is -2.23. The molecule has 0 saturated heterocycles. The first kappa shape index (κ1) is 13.8. The van der Waals surface area contributed by atoms with E-state index < -0.39 is 5.60 Å². The van der Waals surface area contributed by atoms with Crippen molar-refractivity contribution >= 4 is 5.78 Å². The minimum atomic E-state index is -0.579. The molecule has 0 bridgehead atoms. The first-order valence-electron chi connectivity index (χ1n) is 5.98. The lowest BCUT2D eigenvalue weighted by Gasteiger charge is -2.19. The Bertz CT molecular complexity index is 372. The quantitative estimate of drug-likeness (QED) is 0.731. The zero-order valence-electron chi connectivity index (χ0n) is 10.9. The van der Waals surface area contributed by atoms with Gasteiger partial charge in [0, 0.05) is 13.0 Å². The smallest absolute Gasteiger partial charge is 0.234 e. The van der Waals surface area contributed by atoms with Gasteiger partial charge in [0.05, 0.1) is 6.42 Å². The Kier molecular flexibility index (Phi) is 4.81. The van der Waals surface area contributed by atoms with Gasteiger partial charge in [-0.2, -0.15) is 4.98 Å². The van der Waals surface area contributed by atoms with Crippen LogP contribution in [0.15, 0.2) is 4.52 Å². The molecule has 0 aliphatic rings. The molecule has 0 aliphatic carbocycles. The molecule has 0 N–H and O–H groups in total. The second-order valence-electron chi connectivity index (χ2n) is 4.42. The van der Waals surface area contributed by atoms with Crippen LogP contribution < -0.4 is 0 Å². The Morgan fingerprint density at radius 3 is 2.71 bits per heavy atom. The highest BCUT2D eigenvalue weighted by Crippen LogP contribution is 2.21. The predicted molar refractivity (Wildman–Crippen MR) is 62.6 cm³/mol. The summed E-state index contributed by atoms with van der Waals surface area (Å²) in [5.74, 6) is 0.974. The SMILES string of the molecule is CCCC(=O)Cc1nc(C(C)(C)OCC)no1. The van der Waals surface area contributed by atoms with Crippen LogP contribution in [0.25, 0.3) is 0 Å². The van der Waals surface area contributed by atoms with Crippen molar-refractivity contribution in [1.29, 1.82) is 0 Å². The van der Waals surface area contributed by atoms with Crippen molar-refractivity contribution in [1.82, 2.24) is 10.1 Å². The van der Waals surface area contributed by atoms with Crippen molar-refractivity contribution in [2.75, 3.05) is 6.61 Å². The molecular weight excluding hydrogens is 220 g/mol. The van der Waals surface area contributed by atoms with Crippen LogP contribution in [-0.4, -0.2) is 22.5 Å². The summed E-state index contributed by atoms with van der Waals surface area (Å²) < 4.78 is 10.6. The van der Waals surface area contributed by atoms with Gasteiger partial charge in [-0.1, -0.05) is 12.1 Å². The van der Waals surface area contributed by atoms with E-state index in [9.17, 15) is 4.79 Å². The van der Waals surface area contributed by atoms with Crippen LogP contribution in [-0.2, 0) is 21.6 Å². The maximum Gasteiger partial charge on any atom is 0.234 e. The van der Waals surface area contributed by atoms with Gasteiger partial charge in [0.2, 0.25) is 11.7 Å². The molecule has 0 radical (unpaired) electrons. The molecule has 17 heavy (non-hydrogen) atoms. The first-order valence-corrected chi connectivity index (χ1v) is 5.98. The van der Waals surface area contributed by atoms with E-state index in [1.165, 1.54) is 0 Å². The van der Waals surface area contributed by atoms with Gasteiger partial charge in [-0.3, -0.25) is 4.79 Å². The van der Waals surface area contributed by atoms with E-state index >= 15 is 0 Å². The van der Waals surface area contributed by atoms with Gasteiger partial charge in [-0.15, -0.1) is 0 Å². The van der Waals surface area contributed by atoms with Gasteiger partial charge in [-0.05, 0) is 27.2 Å². The van der Waals surface area contributed by atoms with E-state index in [1.54, 1.807) is 0 Å². The molecule has 0 aromatic carbocycles. The Balaban J connectivity index is 2.68. The lowest BCUT2D eigenvalue weighted by atomic mass is 10.1. The second kappa shape index (κ2) is 5.91. The molecular formula is C12H20N2O3. The molecule has 1 heterocycles. The summed E-state index contributed by atoms with van der Waals surface area (Å²) in [6, 6.07) is 0. The fourth-order valence-electron chi connectivity index (χ4n) is 1.53. The number of ketones is 1. The van der Waals surface area contributed by atoms with Crippen molar-refractivity contribution in [2.45, 2.75) is 52.6 Å². The Morgan fingerprint density at radius 2 is 2.12 bits per heavy atom. The molecule has 5 heteroatoms. The maximum atomic E-state index is 11.4. The molecule has 1 rings (SSSR count). The van der Waals surface area contributed by atoms with Crippen LogP contribution >= 0.6 is 0 Å². The minimum Gasteiger partial charge on any atom is -0.368 e. The highest BCUT2D eigenvalue weighted by atomic mass is 16.5. The van der Waals surface area contributed by atoms with Crippen LogP contribution in [0, 0.1) is 0 Å². The number of carbonyl (C=O) groups is 1. The first-order chi connectivity index (χ1) is 7.99. The number of Topliss-reactive ketones (excluding diaryl/α,β-unsaturated/α-hetero) is 1. The van der Waals surface area contributed by atoms with Crippen LogP contribution in [0.1, 0.15) is 52.3 Å². The molecule has 0 fully saturated rings. The summed E-state index contributed by atoms with van der Waals surface area (Å²) in [5.41, 5.74) is -0.579. The monoisotopic (exact) mass is 240 g/mol. The zero-order chi connectivity index (χ0) is 12.9. The standard InChI is InChI=1S/C12H20N2O3/c1-5-7-9(15)8-10-13-11(14-17-10)12(3,4)16-6-2/h5-8H2,1-4H3. The van der Waals surface area contributed by atoms with E-state index in [2.05, 4.69) is 10.1 Å². The highest BCUT2D eigenvalue weighted by Gasteiger charge is 2.27. The van der Waals surface area contributed by atoms with Gasteiger partial charge in [0.15, 0.2) is 0 Å². The summed E-state index contributed by atoms with van der Waals surface area (Å²) in [4.78, 5) is 15.6. The van der Waals surface area contributed by atoms with E-state index in [-0.39, 0.29) is 12.2 Å². The van der Waals surface area contributed by atoms with E-state index in [0.717, 1.165) is 6.42 Å². The second-order valence-corrected chi connectivity index (χ2v) is 4.42. The van der Waals surface area contributed by atoms with Crippen LogP contribution in [0.2, 0.25) is 0 Å². The zero-order valence-corrected chi connectivity index (χ0v) is 10.9. The predicted octanol–water partition coefficient (Wildman–Crippen LogP) is 2.25. The number of rotatable bonds is 7.